The van der Waals surface area contributed by atoms with Gasteiger partial charge in [0.2, 0.25) is 0 Å². The molecular weight excluding hydrogens is 451 g/mol. The molecule has 0 spiro atoms. The van der Waals surface area contributed by atoms with Gasteiger partial charge in [-0.2, -0.15) is 0 Å². The van der Waals surface area contributed by atoms with Gasteiger partial charge in [0, 0.05) is 26.4 Å². The predicted molar refractivity (Wildman–Crippen MR) is 89.6 cm³/mol. The van der Waals surface area contributed by atoms with Crippen LogP contribution in [0.2, 0.25) is 0 Å². The van der Waals surface area contributed by atoms with Gasteiger partial charge in [0.1, 0.15) is 0 Å². The van der Waals surface area contributed by atoms with Gasteiger partial charge < -0.3 is 0 Å². The maximum Gasteiger partial charge on any atom is 0 e. The molecule has 0 saturated carbocycles. The van der Waals surface area contributed by atoms with Crippen LogP contribution in [0.25, 0.3) is 5.30 Å². The summed E-state index contributed by atoms with van der Waals surface area (Å²) in [6.45, 7) is 28.3. The Morgan fingerprint density at radius 3 is 1.52 bits per heavy atom. The fourth-order valence-corrected chi connectivity index (χ4v) is 4.44. The molecule has 0 aliphatic rings. The Kier molecular flexibility index (Phi) is 35.1. The third-order valence-electron chi connectivity index (χ3n) is 2.88. The SMILES string of the molecule is CC(=O)c1c(C)c(C)cp1-c1ccccc1.[C-]#[O+].[C-]#[O+].[C-]#[O+].[C-]#[O+].[C-]#[O+].[Mo]. The molecule has 6 nitrogen and oxygen atoms in total. The smallest absolute Gasteiger partial charge is 0 e. The number of benzene rings is 1. The third kappa shape index (κ3) is 13.0. The zero-order chi connectivity index (χ0) is 21.7. The molecule has 27 heavy (non-hydrogen) atoms. The van der Waals surface area contributed by atoms with E-state index >= 15 is 0 Å². The molecule has 2 rings (SSSR count). The third-order valence-corrected chi connectivity index (χ3v) is 5.51. The molecule has 138 valence electrons. The van der Waals surface area contributed by atoms with Crippen LogP contribution in [0, 0.1) is 47.1 Å². The summed E-state index contributed by atoms with van der Waals surface area (Å²) in [6.07, 6.45) is 0. The molecule has 0 N–H and O–H groups in total. The van der Waals surface area contributed by atoms with Crippen molar-refractivity contribution in [1.82, 2.24) is 0 Å². The van der Waals surface area contributed by atoms with E-state index < -0.39 is 7.53 Å². The number of Topliss-reactive ketones (excluding diaryl/α,β-unsaturated/α-hetero) is 1. The Labute approximate surface area is 174 Å². The van der Waals surface area contributed by atoms with Crippen molar-refractivity contribution in [3.05, 3.63) is 85.8 Å². The maximum atomic E-state index is 11.7. The fourth-order valence-electron chi connectivity index (χ4n) is 1.95. The summed E-state index contributed by atoms with van der Waals surface area (Å²) < 4.78 is 37.5. The largest absolute Gasteiger partial charge is 0 e. The van der Waals surface area contributed by atoms with Crippen molar-refractivity contribution < 1.29 is 49.1 Å². The summed E-state index contributed by atoms with van der Waals surface area (Å²) in [5.74, 6) is 2.46. The van der Waals surface area contributed by atoms with Gasteiger partial charge in [-0.3, -0.25) is 4.79 Å². The van der Waals surface area contributed by atoms with Gasteiger partial charge in [-0.1, -0.05) is 37.9 Å². The van der Waals surface area contributed by atoms with Crippen molar-refractivity contribution in [3.63, 3.8) is 0 Å². The predicted octanol–water partition coefficient (Wildman–Crippen LogP) is 4.29. The first-order chi connectivity index (χ1) is 12.6. The number of hydrogen-bond donors (Lipinski definition) is 0. The summed E-state index contributed by atoms with van der Waals surface area (Å²) in [4.78, 5) is 11.7. The van der Waals surface area contributed by atoms with Crippen LogP contribution in [-0.2, 0) is 44.3 Å². The molecule has 1 aromatic heterocycles. The van der Waals surface area contributed by atoms with Gasteiger partial charge in [-0.15, -0.1) is 0 Å². The topological polar surface area (TPSA) is 117 Å². The van der Waals surface area contributed by atoms with Crippen molar-refractivity contribution in [2.45, 2.75) is 20.8 Å². The van der Waals surface area contributed by atoms with Crippen molar-refractivity contribution in [3.8, 4) is 5.30 Å². The van der Waals surface area contributed by atoms with Crippen LogP contribution in [0.5, 0.6) is 0 Å². The van der Waals surface area contributed by atoms with Crippen LogP contribution < -0.4 is 0 Å². The molecule has 0 aliphatic heterocycles. The number of rotatable bonds is 2. The van der Waals surface area contributed by atoms with Gasteiger partial charge in [0.15, 0.2) is 5.78 Å². The summed E-state index contributed by atoms with van der Waals surface area (Å²) in [7, 11) is -0.554. The molecule has 0 saturated heterocycles. The normalized spacial score (nSPS) is 7.22. The van der Waals surface area contributed by atoms with Crippen LogP contribution in [0.3, 0.4) is 0 Å². The van der Waals surface area contributed by atoms with E-state index in [0.717, 1.165) is 5.30 Å². The molecule has 1 atom stereocenters. The Balaban J connectivity index is -0.000000128. The number of aryl methyl sites for hydroxylation is 1. The van der Waals surface area contributed by atoms with Crippen molar-refractivity contribution in [1.29, 1.82) is 0 Å². The van der Waals surface area contributed by atoms with Gasteiger partial charge in [0.25, 0.3) is 0 Å². The first kappa shape index (κ1) is 36.0. The number of carbonyl (C=O) groups is 1. The molecule has 0 amide bonds. The molecule has 0 radical (unpaired) electrons. The van der Waals surface area contributed by atoms with Crippen LogP contribution in [0.4, 0.5) is 0 Å². The van der Waals surface area contributed by atoms with Gasteiger partial charge in [-0.05, 0) is 43.0 Å². The van der Waals surface area contributed by atoms with Crippen LogP contribution in [-0.4, -0.2) is 5.78 Å². The van der Waals surface area contributed by atoms with E-state index in [-0.39, 0.29) is 26.8 Å². The van der Waals surface area contributed by atoms with E-state index in [0.29, 0.717) is 0 Å². The number of carbonyl (C=O) groups excluding carboxylic acids is 1. The minimum Gasteiger partial charge on any atom is 0 e. The van der Waals surface area contributed by atoms with Crippen LogP contribution >= 0.6 is 7.53 Å². The molecule has 0 aliphatic carbocycles. The molecule has 1 unspecified atom stereocenters. The first-order valence-corrected chi connectivity index (χ1v) is 7.79. The average molecular weight is 466 g/mol. The average Bonchev–Trinajstić information content (AvgIpc) is 3.05. The second-order valence-electron chi connectivity index (χ2n) is 4.05. The quantitative estimate of drug-likeness (QED) is 0.279. The zero-order valence-corrected chi connectivity index (χ0v) is 17.7. The van der Waals surface area contributed by atoms with Crippen molar-refractivity contribution in [2.75, 3.05) is 0 Å². The molecule has 8 heteroatoms. The Bertz CT molecular complexity index is 704. The molecule has 1 heterocycles. The molecule has 0 bridgehead atoms. The first-order valence-electron chi connectivity index (χ1n) is 6.38. The Morgan fingerprint density at radius 1 is 0.815 bits per heavy atom. The van der Waals surface area contributed by atoms with E-state index in [9.17, 15) is 4.79 Å². The van der Waals surface area contributed by atoms with E-state index in [1.807, 2.05) is 25.1 Å². The standard InChI is InChI=1S/C14H15OP.5CO.Mo/c1-10-9-16(13-7-5-4-6-8-13)14(11(10)2)12(3)15;5*1-2;/h4-9H,1-3H3;;;;;;. The monoisotopic (exact) mass is 468 g/mol. The van der Waals surface area contributed by atoms with Crippen LogP contribution in [0.15, 0.2) is 36.1 Å². The summed E-state index contributed by atoms with van der Waals surface area (Å²) >= 11 is 0. The van der Waals surface area contributed by atoms with Gasteiger partial charge >= 0.3 is 56.5 Å². The summed E-state index contributed by atoms with van der Waals surface area (Å²) in [5, 5.41) is 2.28. The van der Waals surface area contributed by atoms with Crippen molar-refractivity contribution >= 4 is 13.3 Å². The second kappa shape index (κ2) is 26.3. The minimum absolute atomic E-state index is 0. The maximum absolute atomic E-state index is 11.7. The number of ketones is 1. The van der Waals surface area contributed by atoms with E-state index in [4.69, 9.17) is 23.3 Å². The van der Waals surface area contributed by atoms with Gasteiger partial charge in [0.05, 0.1) is 0 Å². The second-order valence-corrected chi connectivity index (χ2v) is 6.01. The molecular formula is C19H15MoO6P. The van der Waals surface area contributed by atoms with Crippen molar-refractivity contribution in [2.24, 2.45) is 0 Å². The zero-order valence-electron chi connectivity index (χ0n) is 14.8. The Hall–Kier alpha value is -1.94. The van der Waals surface area contributed by atoms with E-state index in [2.05, 4.69) is 58.1 Å². The van der Waals surface area contributed by atoms with Gasteiger partial charge in [-0.25, -0.2) is 0 Å². The minimum atomic E-state index is -0.554. The van der Waals surface area contributed by atoms with E-state index in [1.54, 1.807) is 6.92 Å². The van der Waals surface area contributed by atoms with Crippen LogP contribution in [0.1, 0.15) is 28.1 Å². The summed E-state index contributed by atoms with van der Waals surface area (Å²) in [5.41, 5.74) is 2.42. The number of hydrogen-bond acceptors (Lipinski definition) is 1. The Morgan fingerprint density at radius 2 is 1.19 bits per heavy atom. The fraction of sp³-hybridized carbons (Fsp3) is 0.158. The van der Waals surface area contributed by atoms with E-state index in [1.165, 1.54) is 16.4 Å². The summed E-state index contributed by atoms with van der Waals surface area (Å²) in [6, 6.07) is 10.3. The molecule has 2 aromatic rings. The molecule has 0 fully saturated rings. The molecule has 1 aromatic carbocycles.